The summed E-state index contributed by atoms with van der Waals surface area (Å²) in [5, 5.41) is -0.199. The summed E-state index contributed by atoms with van der Waals surface area (Å²) in [4.78, 5) is 6.77. The fourth-order valence-electron chi connectivity index (χ4n) is 2.17. The van der Waals surface area contributed by atoms with Gasteiger partial charge >= 0.3 is 0 Å². The molecular formula is C15H21ClFN3. The van der Waals surface area contributed by atoms with Crippen molar-refractivity contribution in [3.63, 3.8) is 0 Å². The Labute approximate surface area is 124 Å². The maximum Gasteiger partial charge on any atom is 0.127 e. The molecule has 0 N–H and O–H groups in total. The molecule has 1 heterocycles. The molecule has 0 bridgehead atoms. The van der Waals surface area contributed by atoms with Crippen LogP contribution < -0.4 is 0 Å². The van der Waals surface area contributed by atoms with Crippen LogP contribution >= 0.6 is 11.6 Å². The fourth-order valence-corrected chi connectivity index (χ4v) is 2.34. The smallest absolute Gasteiger partial charge is 0.127 e. The van der Waals surface area contributed by atoms with Gasteiger partial charge in [-0.2, -0.15) is 0 Å². The van der Waals surface area contributed by atoms with E-state index in [0.29, 0.717) is 6.04 Å². The molecule has 0 spiro atoms. The van der Waals surface area contributed by atoms with Crippen LogP contribution in [-0.2, 0) is 6.54 Å². The third-order valence-electron chi connectivity index (χ3n) is 3.65. The second kappa shape index (κ2) is 6.10. The third kappa shape index (κ3) is 3.13. The van der Waals surface area contributed by atoms with Crippen molar-refractivity contribution >= 4 is 22.6 Å². The van der Waals surface area contributed by atoms with Gasteiger partial charge in [0.05, 0.1) is 16.4 Å². The zero-order valence-corrected chi connectivity index (χ0v) is 13.2. The molecule has 20 heavy (non-hydrogen) atoms. The molecular weight excluding hydrogens is 277 g/mol. The molecule has 3 nitrogen and oxygen atoms in total. The first kappa shape index (κ1) is 15.3. The SMILES string of the molecule is CC(Cl)c1nc2ccc(F)cc2n1CCN(C)C(C)C. The molecule has 5 heteroatoms. The second-order valence-corrected chi connectivity index (χ2v) is 6.10. The van der Waals surface area contributed by atoms with Crippen molar-refractivity contribution in [1.29, 1.82) is 0 Å². The molecule has 1 unspecified atom stereocenters. The van der Waals surface area contributed by atoms with Crippen LogP contribution in [0.2, 0.25) is 0 Å². The maximum absolute atomic E-state index is 13.5. The average molecular weight is 298 g/mol. The van der Waals surface area contributed by atoms with Gasteiger partial charge in [-0.15, -0.1) is 11.6 Å². The highest BCUT2D eigenvalue weighted by atomic mass is 35.5. The Morgan fingerprint density at radius 2 is 2.05 bits per heavy atom. The van der Waals surface area contributed by atoms with Crippen molar-refractivity contribution in [3.05, 3.63) is 29.8 Å². The van der Waals surface area contributed by atoms with E-state index in [9.17, 15) is 4.39 Å². The number of imidazole rings is 1. The van der Waals surface area contributed by atoms with E-state index >= 15 is 0 Å². The molecule has 1 aromatic heterocycles. The average Bonchev–Trinajstić information content (AvgIpc) is 2.73. The van der Waals surface area contributed by atoms with Gasteiger partial charge in [-0.3, -0.25) is 0 Å². The molecule has 2 rings (SSSR count). The first-order valence-electron chi connectivity index (χ1n) is 6.90. The van der Waals surface area contributed by atoms with E-state index in [1.807, 2.05) is 11.5 Å². The lowest BCUT2D eigenvalue weighted by Crippen LogP contribution is -2.30. The second-order valence-electron chi connectivity index (χ2n) is 5.45. The van der Waals surface area contributed by atoms with Crippen molar-refractivity contribution < 1.29 is 4.39 Å². The zero-order valence-electron chi connectivity index (χ0n) is 12.4. The van der Waals surface area contributed by atoms with Crippen molar-refractivity contribution in [2.75, 3.05) is 13.6 Å². The lowest BCUT2D eigenvalue weighted by Gasteiger charge is -2.22. The molecule has 2 aromatic rings. The molecule has 110 valence electrons. The lowest BCUT2D eigenvalue weighted by atomic mass is 10.3. The molecule has 0 saturated heterocycles. The van der Waals surface area contributed by atoms with Crippen molar-refractivity contribution in [2.45, 2.75) is 38.7 Å². The summed E-state index contributed by atoms with van der Waals surface area (Å²) in [6.07, 6.45) is 0. The molecule has 0 amide bonds. The molecule has 0 aliphatic heterocycles. The van der Waals surface area contributed by atoms with Crippen LogP contribution in [0, 0.1) is 5.82 Å². The molecule has 1 atom stereocenters. The van der Waals surface area contributed by atoms with Crippen molar-refractivity contribution in [1.82, 2.24) is 14.5 Å². The van der Waals surface area contributed by atoms with Crippen LogP contribution in [0.15, 0.2) is 18.2 Å². The summed E-state index contributed by atoms with van der Waals surface area (Å²) in [7, 11) is 2.08. The highest BCUT2D eigenvalue weighted by Crippen LogP contribution is 2.25. The Balaban J connectivity index is 2.38. The fraction of sp³-hybridized carbons (Fsp3) is 0.533. The molecule has 0 aliphatic rings. The topological polar surface area (TPSA) is 21.1 Å². The van der Waals surface area contributed by atoms with Gasteiger partial charge in [0.15, 0.2) is 0 Å². The Morgan fingerprint density at radius 3 is 2.65 bits per heavy atom. The summed E-state index contributed by atoms with van der Waals surface area (Å²) in [5.41, 5.74) is 1.60. The number of rotatable bonds is 5. The monoisotopic (exact) mass is 297 g/mol. The highest BCUT2D eigenvalue weighted by molar-refractivity contribution is 6.20. The van der Waals surface area contributed by atoms with E-state index < -0.39 is 0 Å². The zero-order chi connectivity index (χ0) is 14.9. The van der Waals surface area contributed by atoms with E-state index in [2.05, 4.69) is 30.8 Å². The third-order valence-corrected chi connectivity index (χ3v) is 3.85. The first-order chi connectivity index (χ1) is 9.40. The lowest BCUT2D eigenvalue weighted by molar-refractivity contribution is 0.263. The quantitative estimate of drug-likeness (QED) is 0.782. The predicted molar refractivity (Wildman–Crippen MR) is 81.7 cm³/mol. The molecule has 1 aromatic carbocycles. The number of hydrogen-bond acceptors (Lipinski definition) is 2. The van der Waals surface area contributed by atoms with Gasteiger partial charge in [-0.1, -0.05) is 0 Å². The summed E-state index contributed by atoms with van der Waals surface area (Å²) in [5.74, 6) is 0.550. The van der Waals surface area contributed by atoms with E-state index in [4.69, 9.17) is 11.6 Å². The minimum atomic E-state index is -0.246. The van der Waals surface area contributed by atoms with Gasteiger partial charge in [0, 0.05) is 19.1 Å². The predicted octanol–water partition coefficient (Wildman–Crippen LogP) is 3.82. The minimum absolute atomic E-state index is 0.199. The summed E-state index contributed by atoms with van der Waals surface area (Å²) < 4.78 is 15.5. The van der Waals surface area contributed by atoms with E-state index in [1.54, 1.807) is 6.07 Å². The number of likely N-dealkylation sites (N-methyl/N-ethyl adjacent to an activating group) is 1. The van der Waals surface area contributed by atoms with Crippen LogP contribution in [0.25, 0.3) is 11.0 Å². The Bertz CT molecular complexity index is 592. The standard InChI is InChI=1S/C15H21ClFN3/c1-10(2)19(4)7-8-20-14-9-12(17)5-6-13(14)18-15(20)11(3)16/h5-6,9-11H,7-8H2,1-4H3. The molecule has 0 aliphatic carbocycles. The van der Waals surface area contributed by atoms with Crippen LogP contribution in [0.5, 0.6) is 0 Å². The van der Waals surface area contributed by atoms with Gasteiger partial charge in [-0.05, 0) is 46.0 Å². The highest BCUT2D eigenvalue weighted by Gasteiger charge is 2.16. The number of aromatic nitrogens is 2. The van der Waals surface area contributed by atoms with E-state index in [-0.39, 0.29) is 11.2 Å². The van der Waals surface area contributed by atoms with Crippen LogP contribution in [0.3, 0.4) is 0 Å². The van der Waals surface area contributed by atoms with Gasteiger partial charge in [0.2, 0.25) is 0 Å². The Hall–Kier alpha value is -1.13. The van der Waals surface area contributed by atoms with Crippen LogP contribution in [0.1, 0.15) is 32.0 Å². The molecule has 0 fully saturated rings. The van der Waals surface area contributed by atoms with Gasteiger partial charge in [0.1, 0.15) is 11.6 Å². The van der Waals surface area contributed by atoms with Crippen molar-refractivity contribution in [2.24, 2.45) is 0 Å². The van der Waals surface area contributed by atoms with Crippen LogP contribution in [-0.4, -0.2) is 34.1 Å². The van der Waals surface area contributed by atoms with Crippen molar-refractivity contribution in [3.8, 4) is 0 Å². The number of benzene rings is 1. The summed E-state index contributed by atoms with van der Waals surface area (Å²) >= 11 is 6.21. The molecule has 0 radical (unpaired) electrons. The summed E-state index contributed by atoms with van der Waals surface area (Å²) in [6, 6.07) is 5.14. The van der Waals surface area contributed by atoms with Gasteiger partial charge in [-0.25, -0.2) is 9.37 Å². The van der Waals surface area contributed by atoms with Gasteiger partial charge in [0.25, 0.3) is 0 Å². The summed E-state index contributed by atoms with van der Waals surface area (Å²) in [6.45, 7) is 7.81. The van der Waals surface area contributed by atoms with E-state index in [1.165, 1.54) is 12.1 Å². The Morgan fingerprint density at radius 1 is 1.35 bits per heavy atom. The van der Waals surface area contributed by atoms with E-state index in [0.717, 1.165) is 29.9 Å². The maximum atomic E-state index is 13.5. The molecule has 0 saturated carbocycles. The number of alkyl halides is 1. The van der Waals surface area contributed by atoms with Crippen LogP contribution in [0.4, 0.5) is 4.39 Å². The first-order valence-corrected chi connectivity index (χ1v) is 7.33. The normalized spacial score (nSPS) is 13.6. The Kier molecular flexibility index (Phi) is 4.66. The van der Waals surface area contributed by atoms with Gasteiger partial charge < -0.3 is 9.47 Å². The minimum Gasteiger partial charge on any atom is -0.325 e. The largest absolute Gasteiger partial charge is 0.325 e. The number of hydrogen-bond donors (Lipinski definition) is 0. The number of nitrogens with zero attached hydrogens (tertiary/aromatic N) is 3. The number of halogens is 2. The number of fused-ring (bicyclic) bond motifs is 1.